The van der Waals surface area contributed by atoms with Crippen molar-refractivity contribution >= 4 is 41.8 Å². The maximum absolute atomic E-state index is 12.5. The lowest BCUT2D eigenvalue weighted by molar-refractivity contribution is -0.138. The highest BCUT2D eigenvalue weighted by Crippen LogP contribution is 2.13. The van der Waals surface area contributed by atoms with E-state index in [0.717, 1.165) is 6.42 Å². The van der Waals surface area contributed by atoms with E-state index in [4.69, 9.17) is 16.7 Å². The Morgan fingerprint density at radius 2 is 1.76 bits per heavy atom. The molecule has 2 amide bonds. The minimum atomic E-state index is -1.07. The fraction of sp³-hybridized carbons (Fsp3) is 0.438. The highest BCUT2D eigenvalue weighted by molar-refractivity contribution is 6.30. The first kappa shape index (κ1) is 21.2. The molecule has 1 aromatic rings. The molecule has 0 aromatic heterocycles. The standard InChI is InChI=1S/C16H20ClN3O4.ClH/c17-13-4-2-12(3-5-13)16(24)20-7-1-6-19(8-9-20)11-14(21)18-10-15(22)23;/h2-5H,1,6-11H2,(H,18,21)(H,22,23);1H. The summed E-state index contributed by atoms with van der Waals surface area (Å²) in [4.78, 5) is 38.3. The number of rotatable bonds is 5. The molecular formula is C16H21Cl2N3O4. The molecule has 138 valence electrons. The molecule has 9 heteroatoms. The van der Waals surface area contributed by atoms with Gasteiger partial charge in [-0.1, -0.05) is 11.6 Å². The van der Waals surface area contributed by atoms with Gasteiger partial charge in [-0.25, -0.2) is 0 Å². The molecule has 1 fully saturated rings. The summed E-state index contributed by atoms with van der Waals surface area (Å²) in [6.45, 7) is 2.15. The first-order valence-corrected chi connectivity index (χ1v) is 8.09. The van der Waals surface area contributed by atoms with Gasteiger partial charge >= 0.3 is 5.97 Å². The van der Waals surface area contributed by atoms with Crippen molar-refractivity contribution in [3.8, 4) is 0 Å². The van der Waals surface area contributed by atoms with Gasteiger partial charge in [0.2, 0.25) is 5.91 Å². The Labute approximate surface area is 157 Å². The first-order chi connectivity index (χ1) is 11.5. The maximum Gasteiger partial charge on any atom is 0.322 e. The predicted molar refractivity (Wildman–Crippen MR) is 96.3 cm³/mol. The molecule has 0 unspecified atom stereocenters. The zero-order chi connectivity index (χ0) is 17.5. The second kappa shape index (κ2) is 10.2. The third-order valence-electron chi connectivity index (χ3n) is 3.77. The zero-order valence-electron chi connectivity index (χ0n) is 13.6. The van der Waals surface area contributed by atoms with E-state index in [1.54, 1.807) is 29.2 Å². The highest BCUT2D eigenvalue weighted by atomic mass is 35.5. The monoisotopic (exact) mass is 389 g/mol. The number of carboxylic acids is 1. The second-order valence-electron chi connectivity index (χ2n) is 5.60. The van der Waals surface area contributed by atoms with Crippen LogP contribution >= 0.6 is 24.0 Å². The zero-order valence-corrected chi connectivity index (χ0v) is 15.2. The summed E-state index contributed by atoms with van der Waals surface area (Å²) in [6.07, 6.45) is 0.755. The summed E-state index contributed by atoms with van der Waals surface area (Å²) >= 11 is 5.83. The van der Waals surface area contributed by atoms with Crippen LogP contribution in [0.25, 0.3) is 0 Å². The molecule has 0 bridgehead atoms. The summed E-state index contributed by atoms with van der Waals surface area (Å²) < 4.78 is 0. The van der Waals surface area contributed by atoms with Gasteiger partial charge in [-0.05, 0) is 30.7 Å². The molecule has 0 atom stereocenters. The largest absolute Gasteiger partial charge is 0.480 e. The average molecular weight is 390 g/mol. The summed E-state index contributed by atoms with van der Waals surface area (Å²) in [5, 5.41) is 11.5. The van der Waals surface area contributed by atoms with Gasteiger partial charge in [0.05, 0.1) is 6.54 Å². The van der Waals surface area contributed by atoms with Gasteiger partial charge in [-0.2, -0.15) is 0 Å². The van der Waals surface area contributed by atoms with Crippen molar-refractivity contribution in [3.05, 3.63) is 34.9 Å². The number of hydrogen-bond acceptors (Lipinski definition) is 4. The van der Waals surface area contributed by atoms with Crippen LogP contribution < -0.4 is 5.32 Å². The third-order valence-corrected chi connectivity index (χ3v) is 4.02. The van der Waals surface area contributed by atoms with Gasteiger partial charge < -0.3 is 15.3 Å². The minimum absolute atomic E-state index is 0. The van der Waals surface area contributed by atoms with Crippen molar-refractivity contribution in [1.82, 2.24) is 15.1 Å². The molecule has 0 saturated carbocycles. The van der Waals surface area contributed by atoms with Gasteiger partial charge in [0.25, 0.3) is 5.91 Å². The van der Waals surface area contributed by atoms with Crippen LogP contribution in [0, 0.1) is 0 Å². The van der Waals surface area contributed by atoms with Gasteiger partial charge in [0, 0.05) is 36.8 Å². The van der Waals surface area contributed by atoms with Crippen LogP contribution in [-0.4, -0.2) is 72.0 Å². The number of carbonyl (C=O) groups is 3. The number of aliphatic carboxylic acids is 1. The van der Waals surface area contributed by atoms with Crippen LogP contribution in [0.5, 0.6) is 0 Å². The lowest BCUT2D eigenvalue weighted by atomic mass is 10.2. The third kappa shape index (κ3) is 6.89. The normalized spacial score (nSPS) is 15.0. The molecule has 0 radical (unpaired) electrons. The van der Waals surface area contributed by atoms with E-state index >= 15 is 0 Å². The molecule has 0 aliphatic carbocycles. The summed E-state index contributed by atoms with van der Waals surface area (Å²) in [7, 11) is 0. The summed E-state index contributed by atoms with van der Waals surface area (Å²) in [5.74, 6) is -1.45. The highest BCUT2D eigenvalue weighted by Gasteiger charge is 2.21. The Morgan fingerprint density at radius 1 is 1.08 bits per heavy atom. The molecule has 2 rings (SSSR count). The van der Waals surface area contributed by atoms with Crippen LogP contribution in [0.4, 0.5) is 0 Å². The molecule has 7 nitrogen and oxygen atoms in total. The Balaban J connectivity index is 0.00000312. The van der Waals surface area contributed by atoms with Crippen LogP contribution in [0.15, 0.2) is 24.3 Å². The second-order valence-corrected chi connectivity index (χ2v) is 6.04. The van der Waals surface area contributed by atoms with E-state index in [0.29, 0.717) is 36.8 Å². The molecule has 1 aromatic carbocycles. The Bertz CT molecular complexity index is 610. The number of nitrogens with zero attached hydrogens (tertiary/aromatic N) is 2. The van der Waals surface area contributed by atoms with Gasteiger partial charge in [-0.3, -0.25) is 19.3 Å². The number of amides is 2. The molecule has 1 heterocycles. The number of carbonyl (C=O) groups excluding carboxylic acids is 2. The number of nitrogens with one attached hydrogen (secondary N) is 1. The smallest absolute Gasteiger partial charge is 0.322 e. The van der Waals surface area contributed by atoms with E-state index in [9.17, 15) is 14.4 Å². The van der Waals surface area contributed by atoms with Crippen LogP contribution in [0.2, 0.25) is 5.02 Å². The van der Waals surface area contributed by atoms with Crippen molar-refractivity contribution in [3.63, 3.8) is 0 Å². The molecule has 0 spiro atoms. The lowest BCUT2D eigenvalue weighted by Crippen LogP contribution is -2.41. The van der Waals surface area contributed by atoms with Crippen LogP contribution in [0.3, 0.4) is 0 Å². The summed E-state index contributed by atoms with van der Waals surface area (Å²) in [6, 6.07) is 6.77. The van der Waals surface area contributed by atoms with Gasteiger partial charge in [-0.15, -0.1) is 12.4 Å². The topological polar surface area (TPSA) is 89.9 Å². The van der Waals surface area contributed by atoms with Crippen molar-refractivity contribution in [2.24, 2.45) is 0 Å². The van der Waals surface area contributed by atoms with E-state index in [2.05, 4.69) is 5.32 Å². The lowest BCUT2D eigenvalue weighted by Gasteiger charge is -2.21. The van der Waals surface area contributed by atoms with Gasteiger partial charge in [0.1, 0.15) is 6.54 Å². The van der Waals surface area contributed by atoms with Crippen LogP contribution in [0.1, 0.15) is 16.8 Å². The van der Waals surface area contributed by atoms with E-state index < -0.39 is 5.97 Å². The number of benzene rings is 1. The summed E-state index contributed by atoms with van der Waals surface area (Å²) in [5.41, 5.74) is 0.590. The molecule has 1 saturated heterocycles. The van der Waals surface area contributed by atoms with E-state index in [1.807, 2.05) is 4.90 Å². The Morgan fingerprint density at radius 3 is 2.40 bits per heavy atom. The van der Waals surface area contributed by atoms with Crippen molar-refractivity contribution in [1.29, 1.82) is 0 Å². The molecule has 25 heavy (non-hydrogen) atoms. The molecular weight excluding hydrogens is 369 g/mol. The van der Waals surface area contributed by atoms with Crippen molar-refractivity contribution in [2.45, 2.75) is 6.42 Å². The Hall–Kier alpha value is -1.83. The van der Waals surface area contributed by atoms with Crippen molar-refractivity contribution in [2.75, 3.05) is 39.3 Å². The molecule has 2 N–H and O–H groups in total. The molecule has 1 aliphatic rings. The SMILES string of the molecule is Cl.O=C(O)CNC(=O)CN1CCCN(C(=O)c2ccc(Cl)cc2)CC1. The molecule has 1 aliphatic heterocycles. The van der Waals surface area contributed by atoms with Gasteiger partial charge in [0.15, 0.2) is 0 Å². The fourth-order valence-electron chi connectivity index (χ4n) is 2.54. The number of halogens is 2. The average Bonchev–Trinajstić information content (AvgIpc) is 2.78. The predicted octanol–water partition coefficient (Wildman–Crippen LogP) is 1.11. The first-order valence-electron chi connectivity index (χ1n) is 7.71. The van der Waals surface area contributed by atoms with E-state index in [-0.39, 0.29) is 37.3 Å². The number of hydrogen-bond donors (Lipinski definition) is 2. The minimum Gasteiger partial charge on any atom is -0.480 e. The quantitative estimate of drug-likeness (QED) is 0.786. The maximum atomic E-state index is 12.5. The van der Waals surface area contributed by atoms with Crippen molar-refractivity contribution < 1.29 is 19.5 Å². The van der Waals surface area contributed by atoms with Crippen LogP contribution in [-0.2, 0) is 9.59 Å². The fourth-order valence-corrected chi connectivity index (χ4v) is 2.67. The number of carboxylic acid groups (broad SMARTS) is 1. The Kier molecular flexibility index (Phi) is 8.68. The van der Waals surface area contributed by atoms with E-state index in [1.165, 1.54) is 0 Å².